The van der Waals surface area contributed by atoms with E-state index in [1.54, 1.807) is 6.08 Å². The Labute approximate surface area is 140 Å². The van der Waals surface area contributed by atoms with Gasteiger partial charge in [-0.2, -0.15) is 5.26 Å². The third-order valence-corrected chi connectivity index (χ3v) is 4.81. The van der Waals surface area contributed by atoms with Crippen LogP contribution in [0.5, 0.6) is 0 Å². The molecule has 1 aromatic rings. The summed E-state index contributed by atoms with van der Waals surface area (Å²) in [5.41, 5.74) is 3.12. The number of rotatable bonds is 3. The zero-order valence-electron chi connectivity index (χ0n) is 15.1. The molecule has 0 atom stereocenters. The molecule has 3 heteroatoms. The molecule has 1 saturated carbocycles. The number of Topliss-reactive ketones (excluding diaryl/α,β-unsaturated/α-hetero) is 1. The van der Waals surface area contributed by atoms with Crippen LogP contribution in [0.2, 0.25) is 0 Å². The van der Waals surface area contributed by atoms with E-state index in [-0.39, 0.29) is 11.4 Å². The quantitative estimate of drug-likeness (QED) is 0.573. The van der Waals surface area contributed by atoms with Crippen molar-refractivity contribution in [3.05, 3.63) is 28.6 Å². The molecule has 0 N–H and O–H groups in total. The molecule has 1 fully saturated rings. The number of aromatic nitrogens is 1. The van der Waals surface area contributed by atoms with Crippen LogP contribution in [0.4, 0.5) is 0 Å². The highest BCUT2D eigenvalue weighted by atomic mass is 16.1. The Bertz CT molecular complexity index is 659. The first kappa shape index (κ1) is 17.5. The van der Waals surface area contributed by atoms with E-state index in [4.69, 9.17) is 0 Å². The van der Waals surface area contributed by atoms with E-state index in [0.717, 1.165) is 5.56 Å². The van der Waals surface area contributed by atoms with Gasteiger partial charge in [-0.1, -0.05) is 40.0 Å². The van der Waals surface area contributed by atoms with Crippen LogP contribution in [0, 0.1) is 30.6 Å². The van der Waals surface area contributed by atoms with Crippen molar-refractivity contribution in [1.82, 2.24) is 4.57 Å². The van der Waals surface area contributed by atoms with Crippen molar-refractivity contribution in [3.8, 4) is 6.07 Å². The molecule has 0 aliphatic heterocycles. The van der Waals surface area contributed by atoms with Gasteiger partial charge in [0, 0.05) is 22.8 Å². The first-order chi connectivity index (χ1) is 10.8. The highest BCUT2D eigenvalue weighted by molar-refractivity contribution is 6.06. The van der Waals surface area contributed by atoms with Crippen molar-refractivity contribution in [1.29, 1.82) is 5.26 Å². The van der Waals surface area contributed by atoms with Crippen molar-refractivity contribution in [3.63, 3.8) is 0 Å². The molecule has 0 bridgehead atoms. The van der Waals surface area contributed by atoms with E-state index in [9.17, 15) is 10.1 Å². The first-order valence-electron chi connectivity index (χ1n) is 8.60. The van der Waals surface area contributed by atoms with Gasteiger partial charge in [0.05, 0.1) is 5.57 Å². The molecule has 1 aliphatic carbocycles. The number of allylic oxidation sites excluding steroid dienone is 1. The number of aryl methyl sites for hydroxylation is 1. The third-order valence-electron chi connectivity index (χ3n) is 4.81. The van der Waals surface area contributed by atoms with E-state index in [1.807, 2.05) is 20.8 Å². The summed E-state index contributed by atoms with van der Waals surface area (Å²) in [5.74, 6) is -0.0949. The Kier molecular flexibility index (Phi) is 5.14. The smallest absolute Gasteiger partial charge is 0.178 e. The predicted molar refractivity (Wildman–Crippen MR) is 94.1 cm³/mol. The molecule has 0 aromatic carbocycles. The van der Waals surface area contributed by atoms with Crippen LogP contribution in [-0.4, -0.2) is 10.4 Å². The number of nitrogens with zero attached hydrogens (tertiary/aromatic N) is 2. The van der Waals surface area contributed by atoms with E-state index in [0.29, 0.717) is 6.04 Å². The second-order valence-electron chi connectivity index (χ2n) is 7.74. The lowest BCUT2D eigenvalue weighted by atomic mass is 9.86. The van der Waals surface area contributed by atoms with Crippen molar-refractivity contribution >= 4 is 11.9 Å². The summed E-state index contributed by atoms with van der Waals surface area (Å²) >= 11 is 0. The van der Waals surface area contributed by atoms with E-state index >= 15 is 0 Å². The fraction of sp³-hybridized carbons (Fsp3) is 0.600. The minimum absolute atomic E-state index is 0.0949. The minimum Gasteiger partial charge on any atom is -0.346 e. The molecular weight excluding hydrogens is 284 g/mol. The van der Waals surface area contributed by atoms with Crippen LogP contribution in [0.3, 0.4) is 0 Å². The summed E-state index contributed by atoms with van der Waals surface area (Å²) < 4.78 is 2.40. The molecule has 0 saturated heterocycles. The van der Waals surface area contributed by atoms with Gasteiger partial charge >= 0.3 is 0 Å². The summed E-state index contributed by atoms with van der Waals surface area (Å²) in [6.45, 7) is 9.78. The third kappa shape index (κ3) is 3.75. The normalized spacial score (nSPS) is 17.1. The molecule has 1 heterocycles. The molecule has 0 amide bonds. The van der Waals surface area contributed by atoms with Crippen molar-refractivity contribution in [2.75, 3.05) is 0 Å². The fourth-order valence-electron chi connectivity index (χ4n) is 3.56. The topological polar surface area (TPSA) is 45.8 Å². The molecule has 2 rings (SSSR count). The first-order valence-corrected chi connectivity index (χ1v) is 8.60. The number of hydrogen-bond acceptors (Lipinski definition) is 2. The lowest BCUT2D eigenvalue weighted by molar-refractivity contribution is -0.121. The number of ketones is 1. The number of hydrogen-bond donors (Lipinski definition) is 0. The average Bonchev–Trinajstić information content (AvgIpc) is 2.78. The molecule has 0 unspecified atom stereocenters. The summed E-state index contributed by atoms with van der Waals surface area (Å²) in [7, 11) is 0. The van der Waals surface area contributed by atoms with E-state index in [1.165, 1.54) is 43.5 Å². The van der Waals surface area contributed by atoms with Gasteiger partial charge in [-0.25, -0.2) is 0 Å². The van der Waals surface area contributed by atoms with Crippen LogP contribution < -0.4 is 0 Å². The summed E-state index contributed by atoms with van der Waals surface area (Å²) in [6.07, 6.45) is 8.14. The molecule has 0 radical (unpaired) electrons. The Morgan fingerprint density at radius 1 is 1.26 bits per heavy atom. The summed E-state index contributed by atoms with van der Waals surface area (Å²) in [5, 5.41) is 9.39. The average molecular weight is 312 g/mol. The molecule has 3 nitrogen and oxygen atoms in total. The van der Waals surface area contributed by atoms with Crippen LogP contribution in [0.15, 0.2) is 11.6 Å². The number of nitriles is 1. The van der Waals surface area contributed by atoms with Crippen molar-refractivity contribution < 1.29 is 4.79 Å². The van der Waals surface area contributed by atoms with Crippen LogP contribution in [0.1, 0.15) is 75.9 Å². The summed E-state index contributed by atoms with van der Waals surface area (Å²) in [6, 6.07) is 4.77. The Morgan fingerprint density at radius 3 is 2.39 bits per heavy atom. The van der Waals surface area contributed by atoms with Gasteiger partial charge in [-0.05, 0) is 44.4 Å². The molecule has 124 valence electrons. The second kappa shape index (κ2) is 6.74. The minimum atomic E-state index is -0.531. The van der Waals surface area contributed by atoms with Crippen molar-refractivity contribution in [2.45, 2.75) is 72.8 Å². The maximum atomic E-state index is 12.4. The highest BCUT2D eigenvalue weighted by Gasteiger charge is 2.26. The molecular formula is C20H28N2O. The maximum Gasteiger partial charge on any atom is 0.178 e. The predicted octanol–water partition coefficient (Wildman–Crippen LogP) is 5.13. The zero-order valence-corrected chi connectivity index (χ0v) is 15.1. The van der Waals surface area contributed by atoms with Crippen LogP contribution in [-0.2, 0) is 4.79 Å². The monoisotopic (exact) mass is 312 g/mol. The molecule has 0 spiro atoms. The molecule has 1 aromatic heterocycles. The standard InChI is InChI=1S/C20H28N2O/c1-14-11-16(12-17(13-21)19(23)20(3,4)5)15(2)22(14)18-9-7-6-8-10-18/h11-12,18H,6-10H2,1-5H3/b17-12+. The van der Waals surface area contributed by atoms with Gasteiger partial charge < -0.3 is 4.57 Å². The maximum absolute atomic E-state index is 12.4. The van der Waals surface area contributed by atoms with E-state index in [2.05, 4.69) is 30.6 Å². The largest absolute Gasteiger partial charge is 0.346 e. The van der Waals surface area contributed by atoms with Crippen LogP contribution >= 0.6 is 0 Å². The Hall–Kier alpha value is -1.82. The lowest BCUT2D eigenvalue weighted by Crippen LogP contribution is -2.21. The van der Waals surface area contributed by atoms with Gasteiger partial charge in [-0.15, -0.1) is 0 Å². The Morgan fingerprint density at radius 2 is 1.87 bits per heavy atom. The number of carbonyl (C=O) groups is 1. The zero-order chi connectivity index (χ0) is 17.2. The van der Waals surface area contributed by atoms with Crippen LogP contribution in [0.25, 0.3) is 6.08 Å². The van der Waals surface area contributed by atoms with Gasteiger partial charge in [-0.3, -0.25) is 4.79 Å². The van der Waals surface area contributed by atoms with Gasteiger partial charge in [0.25, 0.3) is 0 Å². The molecule has 23 heavy (non-hydrogen) atoms. The molecule has 1 aliphatic rings. The van der Waals surface area contributed by atoms with Gasteiger partial charge in [0.2, 0.25) is 0 Å². The van der Waals surface area contributed by atoms with Gasteiger partial charge in [0.1, 0.15) is 6.07 Å². The summed E-state index contributed by atoms with van der Waals surface area (Å²) in [4.78, 5) is 12.4. The second-order valence-corrected chi connectivity index (χ2v) is 7.74. The lowest BCUT2D eigenvalue weighted by Gasteiger charge is -2.26. The SMILES string of the molecule is Cc1cc(/C=C(\C#N)C(=O)C(C)(C)C)c(C)n1C1CCCCC1. The highest BCUT2D eigenvalue weighted by Crippen LogP contribution is 2.33. The van der Waals surface area contributed by atoms with E-state index < -0.39 is 5.41 Å². The van der Waals surface area contributed by atoms with Crippen molar-refractivity contribution in [2.24, 2.45) is 5.41 Å². The number of carbonyl (C=O) groups excluding carboxylic acids is 1. The fourth-order valence-corrected chi connectivity index (χ4v) is 3.56. The van der Waals surface area contributed by atoms with Gasteiger partial charge in [0.15, 0.2) is 5.78 Å². The Balaban J connectivity index is 2.39.